The van der Waals surface area contributed by atoms with Gasteiger partial charge in [-0.2, -0.15) is 5.26 Å². The van der Waals surface area contributed by atoms with Gasteiger partial charge in [0.2, 0.25) is 0 Å². The third kappa shape index (κ3) is 3.26. The molecule has 13 heavy (non-hydrogen) atoms. The molecular formula is C11H19NO. The van der Waals surface area contributed by atoms with Gasteiger partial charge in [-0.1, -0.05) is 20.8 Å². The van der Waals surface area contributed by atoms with Gasteiger partial charge < -0.3 is 4.74 Å². The molecule has 1 aliphatic carbocycles. The fourth-order valence-corrected chi connectivity index (χ4v) is 2.83. The SMILES string of the molecule is CC1CC(COC#N)CC(C)(C)C1. The number of hydrogen-bond donors (Lipinski definition) is 0. The maximum Gasteiger partial charge on any atom is 0.286 e. The van der Waals surface area contributed by atoms with E-state index in [4.69, 9.17) is 10.00 Å². The zero-order chi connectivity index (χ0) is 9.90. The smallest absolute Gasteiger partial charge is 0.286 e. The molecule has 1 rings (SSSR count). The van der Waals surface area contributed by atoms with E-state index in [1.807, 2.05) is 0 Å². The van der Waals surface area contributed by atoms with E-state index in [-0.39, 0.29) is 0 Å². The summed E-state index contributed by atoms with van der Waals surface area (Å²) in [5.74, 6) is 1.36. The Balaban J connectivity index is 2.44. The molecule has 1 saturated carbocycles. The molecule has 0 aromatic heterocycles. The maximum absolute atomic E-state index is 8.32. The molecule has 0 N–H and O–H groups in total. The molecule has 0 aliphatic heterocycles. The quantitative estimate of drug-likeness (QED) is 0.613. The highest BCUT2D eigenvalue weighted by Gasteiger charge is 2.32. The number of nitrogens with zero attached hydrogens (tertiary/aromatic N) is 1. The Morgan fingerprint density at radius 1 is 1.46 bits per heavy atom. The lowest BCUT2D eigenvalue weighted by molar-refractivity contribution is 0.0846. The molecule has 1 aliphatic rings. The second kappa shape index (κ2) is 4.00. The summed E-state index contributed by atoms with van der Waals surface area (Å²) >= 11 is 0. The van der Waals surface area contributed by atoms with Crippen LogP contribution in [0.3, 0.4) is 0 Å². The minimum Gasteiger partial charge on any atom is -0.427 e. The number of ether oxygens (including phenoxy) is 1. The van der Waals surface area contributed by atoms with Crippen molar-refractivity contribution in [2.24, 2.45) is 17.3 Å². The summed E-state index contributed by atoms with van der Waals surface area (Å²) in [6.07, 6.45) is 5.47. The van der Waals surface area contributed by atoms with E-state index < -0.39 is 0 Å². The summed E-state index contributed by atoms with van der Waals surface area (Å²) in [7, 11) is 0. The number of hydrogen-bond acceptors (Lipinski definition) is 2. The fourth-order valence-electron chi connectivity index (χ4n) is 2.83. The van der Waals surface area contributed by atoms with Crippen LogP contribution < -0.4 is 0 Å². The van der Waals surface area contributed by atoms with Gasteiger partial charge >= 0.3 is 0 Å². The van der Waals surface area contributed by atoms with Crippen molar-refractivity contribution in [1.82, 2.24) is 0 Å². The summed E-state index contributed by atoms with van der Waals surface area (Å²) in [5, 5.41) is 8.32. The lowest BCUT2D eigenvalue weighted by Crippen LogP contribution is -2.29. The van der Waals surface area contributed by atoms with Crippen LogP contribution in [0.2, 0.25) is 0 Å². The van der Waals surface area contributed by atoms with Crippen molar-refractivity contribution in [2.75, 3.05) is 6.61 Å². The van der Waals surface area contributed by atoms with Gasteiger partial charge in [0.05, 0.1) is 0 Å². The summed E-state index contributed by atoms with van der Waals surface area (Å²) in [4.78, 5) is 0. The molecule has 2 unspecified atom stereocenters. The molecule has 0 spiro atoms. The van der Waals surface area contributed by atoms with Crippen LogP contribution in [0.1, 0.15) is 40.0 Å². The van der Waals surface area contributed by atoms with Gasteiger partial charge in [-0.25, -0.2) is 0 Å². The predicted molar refractivity (Wildman–Crippen MR) is 51.9 cm³/mol. The molecule has 0 radical (unpaired) electrons. The van der Waals surface area contributed by atoms with Crippen LogP contribution in [0.15, 0.2) is 0 Å². The van der Waals surface area contributed by atoms with Crippen molar-refractivity contribution >= 4 is 0 Å². The second-order valence-electron chi connectivity index (χ2n) is 5.18. The average molecular weight is 181 g/mol. The van der Waals surface area contributed by atoms with E-state index in [9.17, 15) is 0 Å². The third-order valence-electron chi connectivity index (χ3n) is 2.86. The summed E-state index contributed by atoms with van der Waals surface area (Å²) in [6.45, 7) is 7.52. The summed E-state index contributed by atoms with van der Waals surface area (Å²) in [5.41, 5.74) is 0.432. The van der Waals surface area contributed by atoms with E-state index >= 15 is 0 Å². The summed E-state index contributed by atoms with van der Waals surface area (Å²) in [6, 6.07) is 0. The van der Waals surface area contributed by atoms with Gasteiger partial charge in [-0.15, -0.1) is 0 Å². The Bertz CT molecular complexity index is 205. The molecule has 0 aromatic rings. The Morgan fingerprint density at radius 3 is 2.69 bits per heavy atom. The molecule has 0 saturated heterocycles. The van der Waals surface area contributed by atoms with Crippen LogP contribution in [0.25, 0.3) is 0 Å². The van der Waals surface area contributed by atoms with Crippen LogP contribution in [-0.4, -0.2) is 6.61 Å². The van der Waals surface area contributed by atoms with Crippen LogP contribution in [0.5, 0.6) is 0 Å². The van der Waals surface area contributed by atoms with Crippen molar-refractivity contribution in [2.45, 2.75) is 40.0 Å². The standard InChI is InChI=1S/C11H19NO/c1-9-4-10(7-13-8-12)6-11(2,3)5-9/h9-10H,4-7H2,1-3H3. The Hall–Kier alpha value is -0.710. The van der Waals surface area contributed by atoms with Crippen molar-refractivity contribution < 1.29 is 4.74 Å². The molecule has 0 aromatic carbocycles. The molecule has 2 heteroatoms. The molecule has 0 amide bonds. The predicted octanol–water partition coefficient (Wildman–Crippen LogP) is 2.95. The maximum atomic E-state index is 8.32. The highest BCUT2D eigenvalue weighted by Crippen LogP contribution is 2.41. The average Bonchev–Trinajstić information content (AvgIpc) is 1.97. The zero-order valence-electron chi connectivity index (χ0n) is 8.84. The van der Waals surface area contributed by atoms with Crippen molar-refractivity contribution in [1.29, 1.82) is 5.26 Å². The van der Waals surface area contributed by atoms with Crippen molar-refractivity contribution in [3.8, 4) is 6.26 Å². The number of rotatable bonds is 2. The molecule has 74 valence electrons. The normalized spacial score (nSPS) is 32.2. The van der Waals surface area contributed by atoms with Crippen LogP contribution in [0.4, 0.5) is 0 Å². The molecule has 0 bridgehead atoms. The van der Waals surface area contributed by atoms with E-state index in [1.54, 1.807) is 6.26 Å². The molecule has 2 atom stereocenters. The van der Waals surface area contributed by atoms with E-state index in [1.165, 1.54) is 19.3 Å². The zero-order valence-corrected chi connectivity index (χ0v) is 8.84. The molecule has 0 heterocycles. The number of nitriles is 1. The van der Waals surface area contributed by atoms with Crippen molar-refractivity contribution in [3.63, 3.8) is 0 Å². The van der Waals surface area contributed by atoms with Crippen LogP contribution in [-0.2, 0) is 4.74 Å². The molecule has 1 fully saturated rings. The van der Waals surface area contributed by atoms with E-state index in [0.29, 0.717) is 17.9 Å². The first-order valence-corrected chi connectivity index (χ1v) is 5.04. The summed E-state index contributed by atoms with van der Waals surface area (Å²) < 4.78 is 4.82. The first-order valence-electron chi connectivity index (χ1n) is 5.04. The largest absolute Gasteiger partial charge is 0.427 e. The van der Waals surface area contributed by atoms with Gasteiger partial charge in [-0.05, 0) is 36.5 Å². The highest BCUT2D eigenvalue weighted by molar-refractivity contribution is 4.82. The van der Waals surface area contributed by atoms with Crippen molar-refractivity contribution in [3.05, 3.63) is 0 Å². The molecule has 2 nitrogen and oxygen atoms in total. The Labute approximate surface area is 80.9 Å². The minimum atomic E-state index is 0.432. The monoisotopic (exact) mass is 181 g/mol. The van der Waals surface area contributed by atoms with Gasteiger partial charge in [-0.3, -0.25) is 0 Å². The topological polar surface area (TPSA) is 33.0 Å². The lowest BCUT2D eigenvalue weighted by atomic mass is 9.68. The van der Waals surface area contributed by atoms with Gasteiger partial charge in [0.25, 0.3) is 6.26 Å². The Kier molecular flexibility index (Phi) is 3.19. The lowest BCUT2D eigenvalue weighted by Gasteiger charge is -2.38. The van der Waals surface area contributed by atoms with Gasteiger partial charge in [0, 0.05) is 0 Å². The molecular weight excluding hydrogens is 162 g/mol. The second-order valence-corrected chi connectivity index (χ2v) is 5.18. The van der Waals surface area contributed by atoms with Gasteiger partial charge in [0.15, 0.2) is 0 Å². The first kappa shape index (κ1) is 10.4. The van der Waals surface area contributed by atoms with E-state index in [0.717, 1.165) is 5.92 Å². The van der Waals surface area contributed by atoms with Crippen LogP contribution in [0, 0.1) is 28.8 Å². The Morgan fingerprint density at radius 2 is 2.15 bits per heavy atom. The van der Waals surface area contributed by atoms with Crippen LogP contribution >= 0.6 is 0 Å². The van der Waals surface area contributed by atoms with E-state index in [2.05, 4.69) is 20.8 Å². The fraction of sp³-hybridized carbons (Fsp3) is 0.909. The van der Waals surface area contributed by atoms with Gasteiger partial charge in [0.1, 0.15) is 6.61 Å². The highest BCUT2D eigenvalue weighted by atomic mass is 16.5. The first-order chi connectivity index (χ1) is 6.03. The minimum absolute atomic E-state index is 0.432. The third-order valence-corrected chi connectivity index (χ3v) is 2.86.